The number of ether oxygens (including phenoxy) is 1. The van der Waals surface area contributed by atoms with Crippen molar-refractivity contribution in [2.24, 2.45) is 0 Å². The first kappa shape index (κ1) is 14.7. The van der Waals surface area contributed by atoms with Crippen molar-refractivity contribution in [2.45, 2.75) is 40.2 Å². The van der Waals surface area contributed by atoms with Gasteiger partial charge in [-0.25, -0.2) is 4.79 Å². The number of carbonyl (C=O) groups excluding carboxylic acids is 2. The maximum atomic E-state index is 11.4. The van der Waals surface area contributed by atoms with Crippen LogP contribution in [0.4, 0.5) is 0 Å². The van der Waals surface area contributed by atoms with Gasteiger partial charge in [-0.1, -0.05) is 6.58 Å². The third kappa shape index (κ3) is 4.96. The van der Waals surface area contributed by atoms with Crippen molar-refractivity contribution >= 4 is 11.9 Å². The summed E-state index contributed by atoms with van der Waals surface area (Å²) in [7, 11) is 0. The van der Waals surface area contributed by atoms with Gasteiger partial charge in [0.2, 0.25) is 5.91 Å². The van der Waals surface area contributed by atoms with Crippen LogP contribution in [0.15, 0.2) is 12.2 Å². The second kappa shape index (κ2) is 5.68. The van der Waals surface area contributed by atoms with E-state index < -0.39 is 5.97 Å². The minimum Gasteiger partial charge on any atom is -0.460 e. The maximum absolute atomic E-state index is 11.4. The Bertz CT molecular complexity index is 289. The highest BCUT2D eigenvalue weighted by Crippen LogP contribution is 2.12. The number of hydrogen-bond donors (Lipinski definition) is 0. The molecule has 0 heterocycles. The molecule has 0 aromatic heterocycles. The summed E-state index contributed by atoms with van der Waals surface area (Å²) in [6.07, 6.45) is 0. The van der Waals surface area contributed by atoms with Crippen molar-refractivity contribution in [2.75, 3.05) is 13.2 Å². The lowest BCUT2D eigenvalue weighted by Crippen LogP contribution is -2.46. The normalized spacial score (nSPS) is 10.8. The molecule has 16 heavy (non-hydrogen) atoms. The molecule has 0 atom stereocenters. The smallest absolute Gasteiger partial charge is 0.333 e. The summed E-state index contributed by atoms with van der Waals surface area (Å²) in [4.78, 5) is 24.2. The summed E-state index contributed by atoms with van der Waals surface area (Å²) in [6, 6.07) is 0. The molecule has 0 unspecified atom stereocenters. The summed E-state index contributed by atoms with van der Waals surface area (Å²) >= 11 is 0. The summed E-state index contributed by atoms with van der Waals surface area (Å²) < 4.78 is 4.95. The Kier molecular flexibility index (Phi) is 5.21. The van der Waals surface area contributed by atoms with Crippen LogP contribution in [0, 0.1) is 0 Å². The van der Waals surface area contributed by atoms with Crippen molar-refractivity contribution in [1.29, 1.82) is 0 Å². The molecule has 0 aliphatic rings. The molecular weight excluding hydrogens is 206 g/mol. The predicted octanol–water partition coefficient (Wildman–Crippen LogP) is 1.75. The molecule has 4 nitrogen and oxygen atoms in total. The average molecular weight is 227 g/mol. The molecule has 0 radical (unpaired) electrons. The molecular formula is C12H21NO3. The summed E-state index contributed by atoms with van der Waals surface area (Å²) in [5.41, 5.74) is 0.103. The monoisotopic (exact) mass is 227 g/mol. The third-order valence-electron chi connectivity index (χ3n) is 2.09. The Morgan fingerprint density at radius 2 is 1.75 bits per heavy atom. The summed E-state index contributed by atoms with van der Waals surface area (Å²) in [5, 5.41) is 0. The molecule has 4 heteroatoms. The van der Waals surface area contributed by atoms with E-state index in [1.165, 1.54) is 6.92 Å². The lowest BCUT2D eigenvalue weighted by Gasteiger charge is -2.34. The number of esters is 1. The second-order valence-corrected chi connectivity index (χ2v) is 4.76. The van der Waals surface area contributed by atoms with Gasteiger partial charge in [-0.2, -0.15) is 0 Å². The van der Waals surface area contributed by atoms with Gasteiger partial charge < -0.3 is 9.64 Å². The highest BCUT2D eigenvalue weighted by molar-refractivity contribution is 5.86. The van der Waals surface area contributed by atoms with Crippen molar-refractivity contribution in [3.63, 3.8) is 0 Å². The predicted molar refractivity (Wildman–Crippen MR) is 62.9 cm³/mol. The molecule has 92 valence electrons. The zero-order chi connectivity index (χ0) is 12.9. The van der Waals surface area contributed by atoms with E-state index >= 15 is 0 Å². The first-order valence-corrected chi connectivity index (χ1v) is 5.27. The minimum atomic E-state index is -0.419. The third-order valence-corrected chi connectivity index (χ3v) is 2.09. The highest BCUT2D eigenvalue weighted by atomic mass is 16.5. The zero-order valence-corrected chi connectivity index (χ0v) is 10.8. The van der Waals surface area contributed by atoms with Gasteiger partial charge in [-0.3, -0.25) is 4.79 Å². The summed E-state index contributed by atoms with van der Waals surface area (Å²) in [6.45, 7) is 13.0. The van der Waals surface area contributed by atoms with E-state index in [1.54, 1.807) is 11.8 Å². The van der Waals surface area contributed by atoms with E-state index in [1.807, 2.05) is 20.8 Å². The number of carbonyl (C=O) groups is 2. The molecule has 0 aromatic carbocycles. The van der Waals surface area contributed by atoms with Gasteiger partial charge in [0.25, 0.3) is 0 Å². The van der Waals surface area contributed by atoms with Gasteiger partial charge in [0, 0.05) is 18.0 Å². The molecule has 0 spiro atoms. The fourth-order valence-corrected chi connectivity index (χ4v) is 1.32. The standard InChI is InChI=1S/C12H21NO3/c1-9(2)11(15)16-8-7-13(10(3)14)12(4,5)6/h1,7-8H2,2-6H3. The van der Waals surface area contributed by atoms with Crippen LogP contribution >= 0.6 is 0 Å². The molecule has 0 aliphatic heterocycles. The van der Waals surface area contributed by atoms with Crippen LogP contribution in [0.3, 0.4) is 0 Å². The van der Waals surface area contributed by atoms with Crippen LogP contribution in [0.1, 0.15) is 34.6 Å². The van der Waals surface area contributed by atoms with Crippen LogP contribution in [-0.2, 0) is 14.3 Å². The van der Waals surface area contributed by atoms with Gasteiger partial charge in [0.15, 0.2) is 0 Å². The van der Waals surface area contributed by atoms with Gasteiger partial charge in [0.05, 0.1) is 6.54 Å². The second-order valence-electron chi connectivity index (χ2n) is 4.76. The summed E-state index contributed by atoms with van der Waals surface area (Å²) in [5.74, 6) is -0.448. The largest absolute Gasteiger partial charge is 0.460 e. The first-order valence-electron chi connectivity index (χ1n) is 5.27. The lowest BCUT2D eigenvalue weighted by molar-refractivity contribution is -0.143. The molecule has 0 bridgehead atoms. The van der Waals surface area contributed by atoms with Gasteiger partial charge in [-0.15, -0.1) is 0 Å². The number of amides is 1. The van der Waals surface area contributed by atoms with Gasteiger partial charge in [-0.05, 0) is 27.7 Å². The molecule has 1 amide bonds. The molecule has 0 rings (SSSR count). The molecule has 0 aromatic rings. The van der Waals surface area contributed by atoms with Crippen LogP contribution < -0.4 is 0 Å². The van der Waals surface area contributed by atoms with E-state index in [4.69, 9.17) is 4.74 Å². The minimum absolute atomic E-state index is 0.0288. The Hall–Kier alpha value is -1.32. The fourth-order valence-electron chi connectivity index (χ4n) is 1.32. The van der Waals surface area contributed by atoms with Crippen LogP contribution in [0.2, 0.25) is 0 Å². The number of hydrogen-bond acceptors (Lipinski definition) is 3. The van der Waals surface area contributed by atoms with Gasteiger partial charge in [0.1, 0.15) is 6.61 Å². The number of rotatable bonds is 4. The number of nitrogens with zero attached hydrogens (tertiary/aromatic N) is 1. The van der Waals surface area contributed by atoms with E-state index in [0.29, 0.717) is 12.1 Å². The lowest BCUT2D eigenvalue weighted by atomic mass is 10.1. The Balaban J connectivity index is 4.21. The van der Waals surface area contributed by atoms with Crippen molar-refractivity contribution in [1.82, 2.24) is 4.90 Å². The molecule has 0 saturated heterocycles. The molecule has 0 saturated carbocycles. The van der Waals surface area contributed by atoms with E-state index in [0.717, 1.165) is 0 Å². The van der Waals surface area contributed by atoms with Crippen molar-refractivity contribution < 1.29 is 14.3 Å². The van der Waals surface area contributed by atoms with Crippen molar-refractivity contribution in [3.05, 3.63) is 12.2 Å². The Morgan fingerprint density at radius 3 is 2.06 bits per heavy atom. The van der Waals surface area contributed by atoms with E-state index in [-0.39, 0.29) is 18.1 Å². The quantitative estimate of drug-likeness (QED) is 0.543. The fraction of sp³-hybridized carbons (Fsp3) is 0.667. The zero-order valence-electron chi connectivity index (χ0n) is 10.8. The van der Waals surface area contributed by atoms with Crippen LogP contribution in [0.5, 0.6) is 0 Å². The van der Waals surface area contributed by atoms with Crippen LogP contribution in [0.25, 0.3) is 0 Å². The van der Waals surface area contributed by atoms with E-state index in [2.05, 4.69) is 6.58 Å². The molecule has 0 aliphatic carbocycles. The maximum Gasteiger partial charge on any atom is 0.333 e. The first-order chi connectivity index (χ1) is 7.16. The van der Waals surface area contributed by atoms with E-state index in [9.17, 15) is 9.59 Å². The Morgan fingerprint density at radius 1 is 1.25 bits per heavy atom. The van der Waals surface area contributed by atoms with Crippen molar-refractivity contribution in [3.8, 4) is 0 Å². The SMILES string of the molecule is C=C(C)C(=O)OCCN(C(C)=O)C(C)(C)C. The Labute approximate surface area is 97.3 Å². The van der Waals surface area contributed by atoms with Crippen LogP contribution in [-0.4, -0.2) is 35.5 Å². The average Bonchev–Trinajstić information content (AvgIpc) is 2.08. The topological polar surface area (TPSA) is 46.6 Å². The highest BCUT2D eigenvalue weighted by Gasteiger charge is 2.23. The van der Waals surface area contributed by atoms with Gasteiger partial charge >= 0.3 is 5.97 Å². The molecule has 0 fully saturated rings. The molecule has 0 N–H and O–H groups in total.